The number of likely N-dealkylation sites (tertiary alicyclic amines) is 1. The van der Waals surface area contributed by atoms with Crippen LogP contribution >= 0.6 is 0 Å². The Kier molecular flexibility index (Phi) is 5.50. The zero-order valence-corrected chi connectivity index (χ0v) is 17.0. The van der Waals surface area contributed by atoms with E-state index in [-0.39, 0.29) is 0 Å². The molecule has 138 valence electrons. The number of nitrogens with zero attached hydrogens (tertiary/aromatic N) is 1. The fourth-order valence-electron chi connectivity index (χ4n) is 5.46. The van der Waals surface area contributed by atoms with Gasteiger partial charge in [0.15, 0.2) is 0 Å². The second kappa shape index (κ2) is 7.14. The van der Waals surface area contributed by atoms with Crippen LogP contribution in [-0.2, 0) is 0 Å². The summed E-state index contributed by atoms with van der Waals surface area (Å²) in [5.41, 5.74) is 2.63. The molecule has 24 heavy (non-hydrogen) atoms. The monoisotopic (exact) mass is 331 g/mol. The average molecular weight is 332 g/mol. The summed E-state index contributed by atoms with van der Waals surface area (Å²) in [6.07, 6.45) is 15.3. The number of hydrogen-bond acceptors (Lipinski definition) is 1. The molecule has 0 spiro atoms. The molecule has 1 nitrogen and oxygen atoms in total. The van der Waals surface area contributed by atoms with Crippen LogP contribution in [0.25, 0.3) is 0 Å². The highest BCUT2D eigenvalue weighted by atomic mass is 15.2. The first-order chi connectivity index (χ1) is 11.2. The van der Waals surface area contributed by atoms with Crippen LogP contribution in [0.15, 0.2) is 11.6 Å². The lowest BCUT2D eigenvalue weighted by Crippen LogP contribution is -2.44. The molecular weight excluding hydrogens is 290 g/mol. The van der Waals surface area contributed by atoms with Crippen molar-refractivity contribution in [1.29, 1.82) is 0 Å². The van der Waals surface area contributed by atoms with Gasteiger partial charge in [0, 0.05) is 18.6 Å². The summed E-state index contributed by atoms with van der Waals surface area (Å²) >= 11 is 0. The van der Waals surface area contributed by atoms with E-state index in [4.69, 9.17) is 0 Å². The van der Waals surface area contributed by atoms with E-state index in [1.54, 1.807) is 5.57 Å². The fraction of sp³-hybridized carbons (Fsp3) is 0.913. The Hall–Kier alpha value is -0.300. The van der Waals surface area contributed by atoms with Gasteiger partial charge in [-0.05, 0) is 88.4 Å². The third kappa shape index (κ3) is 4.65. The van der Waals surface area contributed by atoms with Crippen LogP contribution in [0.1, 0.15) is 92.4 Å². The highest BCUT2D eigenvalue weighted by molar-refractivity contribution is 5.08. The third-order valence-corrected chi connectivity index (χ3v) is 7.18. The summed E-state index contributed by atoms with van der Waals surface area (Å²) in [5.74, 6) is 2.97. The zero-order chi connectivity index (χ0) is 17.4. The standard InChI is InChI=1S/C23H41N/c1-22(2,3)14-13-18-9-11-19(12-10-18)15-23(4,5)24-16-20-7-6-8-21(20)17-24/h9,19-21H,6-8,10-17H2,1-5H3. The van der Waals surface area contributed by atoms with E-state index in [1.807, 2.05) is 0 Å². The molecule has 0 amide bonds. The Morgan fingerprint density at radius 1 is 1.00 bits per heavy atom. The van der Waals surface area contributed by atoms with Crippen LogP contribution in [0.5, 0.6) is 0 Å². The average Bonchev–Trinajstić information content (AvgIpc) is 3.07. The van der Waals surface area contributed by atoms with Gasteiger partial charge >= 0.3 is 0 Å². The quantitative estimate of drug-likeness (QED) is 0.524. The van der Waals surface area contributed by atoms with Crippen molar-refractivity contribution < 1.29 is 0 Å². The SMILES string of the molecule is CC(C)(C)CCC1=CCC(CC(C)(C)N2CC3CCCC3C2)CC1. The van der Waals surface area contributed by atoms with E-state index in [1.165, 1.54) is 70.9 Å². The highest BCUT2D eigenvalue weighted by Gasteiger charge is 2.42. The second-order valence-corrected chi connectivity index (χ2v) is 10.9. The van der Waals surface area contributed by atoms with Crippen LogP contribution in [0.2, 0.25) is 0 Å². The van der Waals surface area contributed by atoms with Crippen LogP contribution in [0, 0.1) is 23.2 Å². The van der Waals surface area contributed by atoms with Crippen LogP contribution in [-0.4, -0.2) is 23.5 Å². The molecule has 0 aromatic rings. The minimum Gasteiger partial charge on any atom is -0.298 e. The lowest BCUT2D eigenvalue weighted by atomic mass is 9.78. The predicted octanol–water partition coefficient (Wildman–Crippen LogP) is 6.44. The van der Waals surface area contributed by atoms with Crippen LogP contribution in [0.3, 0.4) is 0 Å². The molecule has 0 aromatic heterocycles. The Labute approximate surface area is 151 Å². The first-order valence-electron chi connectivity index (χ1n) is 10.7. The first-order valence-corrected chi connectivity index (χ1v) is 10.7. The summed E-state index contributed by atoms with van der Waals surface area (Å²) < 4.78 is 0. The number of allylic oxidation sites excluding steroid dienone is 2. The Balaban J connectivity index is 1.47. The predicted molar refractivity (Wildman–Crippen MR) is 105 cm³/mol. The van der Waals surface area contributed by atoms with Crippen molar-refractivity contribution in [3.8, 4) is 0 Å². The van der Waals surface area contributed by atoms with Gasteiger partial charge in [-0.3, -0.25) is 4.90 Å². The van der Waals surface area contributed by atoms with Crippen LogP contribution in [0.4, 0.5) is 0 Å². The van der Waals surface area contributed by atoms with Gasteiger partial charge in [-0.2, -0.15) is 0 Å². The van der Waals surface area contributed by atoms with Crippen molar-refractivity contribution in [2.24, 2.45) is 23.2 Å². The van der Waals surface area contributed by atoms with Gasteiger partial charge in [0.1, 0.15) is 0 Å². The molecule has 0 N–H and O–H groups in total. The maximum atomic E-state index is 2.85. The lowest BCUT2D eigenvalue weighted by molar-refractivity contribution is 0.109. The molecule has 1 heteroatoms. The van der Waals surface area contributed by atoms with Crippen molar-refractivity contribution in [3.63, 3.8) is 0 Å². The van der Waals surface area contributed by atoms with E-state index in [2.05, 4.69) is 45.6 Å². The summed E-state index contributed by atoms with van der Waals surface area (Å²) in [6, 6.07) is 0. The van der Waals surface area contributed by atoms with E-state index in [0.717, 1.165) is 17.8 Å². The molecule has 2 fully saturated rings. The van der Waals surface area contributed by atoms with Crippen molar-refractivity contribution in [1.82, 2.24) is 4.90 Å². The van der Waals surface area contributed by atoms with Crippen molar-refractivity contribution >= 4 is 0 Å². The normalized spacial score (nSPS) is 32.0. The Morgan fingerprint density at radius 2 is 1.67 bits per heavy atom. The lowest BCUT2D eigenvalue weighted by Gasteiger charge is -2.39. The largest absolute Gasteiger partial charge is 0.298 e. The van der Waals surface area contributed by atoms with E-state index in [9.17, 15) is 0 Å². The van der Waals surface area contributed by atoms with E-state index in [0.29, 0.717) is 11.0 Å². The molecule has 1 aliphatic heterocycles. The highest BCUT2D eigenvalue weighted by Crippen LogP contribution is 2.43. The van der Waals surface area contributed by atoms with Crippen LogP contribution < -0.4 is 0 Å². The molecule has 1 heterocycles. The third-order valence-electron chi connectivity index (χ3n) is 7.18. The fourth-order valence-corrected chi connectivity index (χ4v) is 5.46. The van der Waals surface area contributed by atoms with Crippen molar-refractivity contribution in [2.75, 3.05) is 13.1 Å². The number of rotatable bonds is 5. The Morgan fingerprint density at radius 3 is 2.21 bits per heavy atom. The molecule has 3 aliphatic rings. The molecule has 3 rings (SSSR count). The molecular formula is C23H41N. The van der Waals surface area contributed by atoms with Gasteiger partial charge in [-0.25, -0.2) is 0 Å². The van der Waals surface area contributed by atoms with Gasteiger partial charge in [0.05, 0.1) is 0 Å². The van der Waals surface area contributed by atoms with Gasteiger partial charge in [-0.15, -0.1) is 0 Å². The summed E-state index contributed by atoms with van der Waals surface area (Å²) in [7, 11) is 0. The van der Waals surface area contributed by atoms with Gasteiger partial charge in [0.2, 0.25) is 0 Å². The van der Waals surface area contributed by atoms with E-state index < -0.39 is 0 Å². The van der Waals surface area contributed by atoms with Gasteiger partial charge < -0.3 is 0 Å². The summed E-state index contributed by atoms with van der Waals surface area (Å²) in [5, 5.41) is 0. The molecule has 0 aromatic carbocycles. The summed E-state index contributed by atoms with van der Waals surface area (Å²) in [6.45, 7) is 14.9. The van der Waals surface area contributed by atoms with Crippen molar-refractivity contribution in [3.05, 3.63) is 11.6 Å². The first kappa shape index (κ1) is 18.5. The Bertz CT molecular complexity index is 441. The molecule has 3 atom stereocenters. The van der Waals surface area contributed by atoms with Gasteiger partial charge in [0.25, 0.3) is 0 Å². The molecule has 1 saturated carbocycles. The smallest absolute Gasteiger partial charge is 0.0156 e. The number of fused-ring (bicyclic) bond motifs is 1. The molecule has 1 saturated heterocycles. The molecule has 2 aliphatic carbocycles. The maximum absolute atomic E-state index is 2.85. The zero-order valence-electron chi connectivity index (χ0n) is 17.0. The van der Waals surface area contributed by atoms with Crippen molar-refractivity contribution in [2.45, 2.75) is 97.9 Å². The summed E-state index contributed by atoms with van der Waals surface area (Å²) in [4.78, 5) is 2.85. The van der Waals surface area contributed by atoms with E-state index >= 15 is 0 Å². The topological polar surface area (TPSA) is 3.24 Å². The minimum absolute atomic E-state index is 0.408. The molecule has 0 bridgehead atoms. The number of hydrogen-bond donors (Lipinski definition) is 0. The minimum atomic E-state index is 0.408. The molecule has 0 radical (unpaired) electrons. The molecule has 3 unspecified atom stereocenters. The maximum Gasteiger partial charge on any atom is 0.0156 e. The second-order valence-electron chi connectivity index (χ2n) is 10.9. The van der Waals surface area contributed by atoms with Gasteiger partial charge in [-0.1, -0.05) is 38.8 Å².